The molecule has 21 heavy (non-hydrogen) atoms. The summed E-state index contributed by atoms with van der Waals surface area (Å²) in [5, 5.41) is 10.7. The van der Waals surface area contributed by atoms with Gasteiger partial charge in [-0.3, -0.25) is 9.80 Å². The monoisotopic (exact) mass is 288 g/mol. The van der Waals surface area contributed by atoms with Crippen molar-refractivity contribution in [1.29, 1.82) is 0 Å². The van der Waals surface area contributed by atoms with Crippen LogP contribution in [0, 0.1) is 6.92 Å². The third-order valence-electron chi connectivity index (χ3n) is 5.38. The number of rotatable bonds is 3. The number of nitrogens with zero attached hydrogens (tertiary/aromatic N) is 2. The molecule has 2 heterocycles. The summed E-state index contributed by atoms with van der Waals surface area (Å²) in [4.78, 5) is 5.14. The number of aliphatic hydroxyl groups is 1. The van der Waals surface area contributed by atoms with Gasteiger partial charge in [0, 0.05) is 31.2 Å². The molecule has 0 aromatic heterocycles. The Morgan fingerprint density at radius 1 is 1.19 bits per heavy atom. The number of aliphatic hydroxyl groups excluding tert-OH is 1. The second-order valence-electron chi connectivity index (χ2n) is 6.93. The van der Waals surface area contributed by atoms with Crippen molar-refractivity contribution in [3.8, 4) is 0 Å². The minimum absolute atomic E-state index is 0.172. The van der Waals surface area contributed by atoms with Crippen molar-refractivity contribution >= 4 is 0 Å². The van der Waals surface area contributed by atoms with Crippen LogP contribution in [0.5, 0.6) is 0 Å². The van der Waals surface area contributed by atoms with Gasteiger partial charge in [-0.25, -0.2) is 0 Å². The van der Waals surface area contributed by atoms with E-state index in [1.54, 1.807) is 0 Å². The summed E-state index contributed by atoms with van der Waals surface area (Å²) in [6, 6.07) is 9.70. The van der Waals surface area contributed by atoms with Gasteiger partial charge in [0.2, 0.25) is 0 Å². The molecule has 4 unspecified atom stereocenters. The molecule has 3 heteroatoms. The first-order valence-corrected chi connectivity index (χ1v) is 8.30. The SMILES string of the molecule is Cc1ccc(C(O)C(C)N2CC3CCCN3CC2C)cc1. The molecule has 1 aromatic rings. The van der Waals surface area contributed by atoms with Crippen molar-refractivity contribution in [1.82, 2.24) is 9.80 Å². The summed E-state index contributed by atoms with van der Waals surface area (Å²) in [5.74, 6) is 0. The first-order valence-electron chi connectivity index (χ1n) is 8.30. The average molecular weight is 288 g/mol. The predicted octanol–water partition coefficient (Wildman–Crippen LogP) is 2.59. The van der Waals surface area contributed by atoms with E-state index in [0.717, 1.165) is 18.7 Å². The quantitative estimate of drug-likeness (QED) is 0.926. The molecule has 2 aliphatic rings. The van der Waals surface area contributed by atoms with Crippen LogP contribution >= 0.6 is 0 Å². The summed E-state index contributed by atoms with van der Waals surface area (Å²) in [5.41, 5.74) is 2.28. The van der Waals surface area contributed by atoms with Crippen molar-refractivity contribution in [3.05, 3.63) is 35.4 Å². The molecule has 3 rings (SSSR count). The van der Waals surface area contributed by atoms with Crippen LogP contribution in [0.4, 0.5) is 0 Å². The zero-order chi connectivity index (χ0) is 15.0. The van der Waals surface area contributed by atoms with Crippen LogP contribution in [0.2, 0.25) is 0 Å². The Balaban J connectivity index is 1.71. The largest absolute Gasteiger partial charge is 0.387 e. The standard InChI is InChI=1S/C18H28N2O/c1-13-6-8-16(9-7-13)18(21)15(3)20-12-17-5-4-10-19(17)11-14(20)2/h6-9,14-15,17-18,21H,4-5,10-12H2,1-3H3. The molecule has 3 nitrogen and oxygen atoms in total. The highest BCUT2D eigenvalue weighted by molar-refractivity contribution is 5.24. The molecule has 0 spiro atoms. The van der Waals surface area contributed by atoms with Crippen molar-refractivity contribution in [2.24, 2.45) is 0 Å². The van der Waals surface area contributed by atoms with Crippen LogP contribution in [-0.4, -0.2) is 52.7 Å². The minimum Gasteiger partial charge on any atom is -0.387 e. The Morgan fingerprint density at radius 2 is 1.90 bits per heavy atom. The van der Waals surface area contributed by atoms with Crippen molar-refractivity contribution in [2.75, 3.05) is 19.6 Å². The predicted molar refractivity (Wildman–Crippen MR) is 86.4 cm³/mol. The van der Waals surface area contributed by atoms with E-state index in [4.69, 9.17) is 0 Å². The highest BCUT2D eigenvalue weighted by Gasteiger charge is 2.37. The van der Waals surface area contributed by atoms with Gasteiger partial charge in [0.05, 0.1) is 6.10 Å². The summed E-state index contributed by atoms with van der Waals surface area (Å²) >= 11 is 0. The van der Waals surface area contributed by atoms with Gasteiger partial charge < -0.3 is 5.11 Å². The fourth-order valence-electron chi connectivity index (χ4n) is 4.00. The van der Waals surface area contributed by atoms with Crippen LogP contribution in [-0.2, 0) is 0 Å². The molecule has 0 aliphatic carbocycles. The lowest BCUT2D eigenvalue weighted by atomic mass is 9.97. The van der Waals surface area contributed by atoms with E-state index in [9.17, 15) is 5.11 Å². The maximum Gasteiger partial charge on any atom is 0.0942 e. The van der Waals surface area contributed by atoms with Crippen molar-refractivity contribution in [2.45, 2.75) is 57.8 Å². The normalized spacial score (nSPS) is 30.1. The lowest BCUT2D eigenvalue weighted by Crippen LogP contribution is -2.58. The Bertz CT molecular complexity index is 473. The van der Waals surface area contributed by atoms with E-state index < -0.39 is 6.10 Å². The Labute approximate surface area is 128 Å². The topological polar surface area (TPSA) is 26.7 Å². The van der Waals surface area contributed by atoms with Gasteiger partial charge in [-0.05, 0) is 45.7 Å². The van der Waals surface area contributed by atoms with Gasteiger partial charge in [-0.1, -0.05) is 29.8 Å². The third kappa shape index (κ3) is 3.01. The average Bonchev–Trinajstić information content (AvgIpc) is 2.93. The van der Waals surface area contributed by atoms with Crippen LogP contribution in [0.1, 0.15) is 43.9 Å². The summed E-state index contributed by atoms with van der Waals surface area (Å²) in [7, 11) is 0. The van der Waals surface area contributed by atoms with Gasteiger partial charge in [0.25, 0.3) is 0 Å². The number of piperazine rings is 1. The van der Waals surface area contributed by atoms with Gasteiger partial charge in [-0.15, -0.1) is 0 Å². The molecule has 0 saturated carbocycles. The van der Waals surface area contributed by atoms with E-state index in [2.05, 4.69) is 54.8 Å². The molecule has 2 saturated heterocycles. The van der Waals surface area contributed by atoms with Crippen molar-refractivity contribution in [3.63, 3.8) is 0 Å². The molecule has 116 valence electrons. The maximum atomic E-state index is 10.7. The van der Waals surface area contributed by atoms with Crippen LogP contribution < -0.4 is 0 Å². The number of hydrogen-bond acceptors (Lipinski definition) is 3. The first kappa shape index (κ1) is 15.0. The van der Waals surface area contributed by atoms with Gasteiger partial charge in [0.1, 0.15) is 0 Å². The Morgan fingerprint density at radius 3 is 2.62 bits per heavy atom. The molecule has 0 radical (unpaired) electrons. The van der Waals surface area contributed by atoms with E-state index >= 15 is 0 Å². The van der Waals surface area contributed by atoms with Gasteiger partial charge in [0.15, 0.2) is 0 Å². The van der Waals surface area contributed by atoms with Gasteiger partial charge >= 0.3 is 0 Å². The smallest absolute Gasteiger partial charge is 0.0942 e. The zero-order valence-corrected chi connectivity index (χ0v) is 13.5. The zero-order valence-electron chi connectivity index (χ0n) is 13.5. The number of aryl methyl sites for hydroxylation is 1. The second-order valence-corrected chi connectivity index (χ2v) is 6.93. The molecule has 2 fully saturated rings. The lowest BCUT2D eigenvalue weighted by molar-refractivity contribution is -0.0169. The first-order chi connectivity index (χ1) is 10.1. The van der Waals surface area contributed by atoms with Crippen LogP contribution in [0.3, 0.4) is 0 Å². The number of fused-ring (bicyclic) bond motifs is 1. The molecule has 4 atom stereocenters. The molecule has 1 N–H and O–H groups in total. The fourth-order valence-corrected chi connectivity index (χ4v) is 4.00. The number of hydrogen-bond donors (Lipinski definition) is 1. The minimum atomic E-state index is -0.402. The van der Waals surface area contributed by atoms with E-state index in [-0.39, 0.29) is 6.04 Å². The van der Waals surface area contributed by atoms with Crippen LogP contribution in [0.15, 0.2) is 24.3 Å². The highest BCUT2D eigenvalue weighted by Crippen LogP contribution is 2.29. The maximum absolute atomic E-state index is 10.7. The van der Waals surface area contributed by atoms with E-state index in [0.29, 0.717) is 12.1 Å². The van der Waals surface area contributed by atoms with Gasteiger partial charge in [-0.2, -0.15) is 0 Å². The van der Waals surface area contributed by atoms with E-state index in [1.807, 2.05) is 0 Å². The third-order valence-corrected chi connectivity index (χ3v) is 5.38. The Kier molecular flexibility index (Phi) is 4.34. The molecule has 1 aromatic carbocycles. The van der Waals surface area contributed by atoms with E-state index in [1.165, 1.54) is 24.9 Å². The van der Waals surface area contributed by atoms with Crippen LogP contribution in [0.25, 0.3) is 0 Å². The molecule has 0 amide bonds. The summed E-state index contributed by atoms with van der Waals surface area (Å²) in [6.07, 6.45) is 2.25. The van der Waals surface area contributed by atoms with Crippen molar-refractivity contribution < 1.29 is 5.11 Å². The Hall–Kier alpha value is -0.900. The summed E-state index contributed by atoms with van der Waals surface area (Å²) < 4.78 is 0. The molecule has 2 aliphatic heterocycles. The fraction of sp³-hybridized carbons (Fsp3) is 0.667. The molecular formula is C18H28N2O. The lowest BCUT2D eigenvalue weighted by Gasteiger charge is -2.46. The number of benzene rings is 1. The molecular weight excluding hydrogens is 260 g/mol. The highest BCUT2D eigenvalue weighted by atomic mass is 16.3. The molecule has 0 bridgehead atoms. The second kappa shape index (κ2) is 6.07. The summed E-state index contributed by atoms with van der Waals surface area (Å²) in [6.45, 7) is 10.1.